The summed E-state index contributed by atoms with van der Waals surface area (Å²) in [6, 6.07) is 12.8. The van der Waals surface area contributed by atoms with Gasteiger partial charge in [-0.3, -0.25) is 29.3 Å². The quantitative estimate of drug-likeness (QED) is 0.116. The number of anilines is 2. The molecule has 2 atom stereocenters. The fourth-order valence-electron chi connectivity index (χ4n) is 9.61. The molecule has 70 heavy (non-hydrogen) atoms. The number of carbonyl (C=O) groups excluding carboxylic acids is 4. The monoisotopic (exact) mass is 1000 g/mol. The van der Waals surface area contributed by atoms with Crippen LogP contribution in [0.3, 0.4) is 0 Å². The number of hydrogen-bond acceptors (Lipinski definition) is 15. The Balaban J connectivity index is 0.851. The molecule has 0 radical (unpaired) electrons. The summed E-state index contributed by atoms with van der Waals surface area (Å²) in [6.45, 7) is 6.53. The minimum Gasteiger partial charge on any atom is -0.453 e. The molecular formula is C47H55FN9O11S2+. The number of amides is 4. The normalized spacial score (nSPS) is 22.5. The second-order valence-corrected chi connectivity index (χ2v) is 22.1. The topological polar surface area (TPSA) is 249 Å². The highest BCUT2D eigenvalue weighted by atomic mass is 32.2. The minimum absolute atomic E-state index is 0.00597. The van der Waals surface area contributed by atoms with Crippen LogP contribution in [0.25, 0.3) is 0 Å². The zero-order valence-electron chi connectivity index (χ0n) is 39.2. The van der Waals surface area contributed by atoms with E-state index in [2.05, 4.69) is 25.2 Å². The average molecular weight is 1010 g/mol. The maximum absolute atomic E-state index is 15.2. The maximum Gasteiger partial charge on any atom is 0.349 e. The molecule has 3 aromatic rings. The Morgan fingerprint density at radius 3 is 2.50 bits per heavy atom. The summed E-state index contributed by atoms with van der Waals surface area (Å²) >= 11 is 0. The number of benzene rings is 3. The fraction of sp³-hybridized carbons (Fsp3) is 0.468. The molecule has 0 aliphatic carbocycles. The van der Waals surface area contributed by atoms with E-state index in [0.717, 1.165) is 22.7 Å². The molecule has 5 aliphatic heterocycles. The van der Waals surface area contributed by atoms with Crippen molar-refractivity contribution in [2.75, 3.05) is 69.2 Å². The summed E-state index contributed by atoms with van der Waals surface area (Å²) in [7, 11) is -6.57. The van der Waals surface area contributed by atoms with E-state index < -0.39 is 60.8 Å². The second-order valence-electron chi connectivity index (χ2n) is 18.7. The average Bonchev–Trinajstić information content (AvgIpc) is 3.63. The number of halogens is 1. The number of piperidine rings is 3. The molecular weight excluding hydrogens is 950 g/mol. The van der Waals surface area contributed by atoms with Gasteiger partial charge in [-0.1, -0.05) is 19.9 Å². The molecule has 4 saturated heterocycles. The number of fused-ring (bicyclic) bond motifs is 1. The van der Waals surface area contributed by atoms with Crippen LogP contribution in [-0.4, -0.2) is 143 Å². The second kappa shape index (κ2) is 19.8. The van der Waals surface area contributed by atoms with E-state index in [4.69, 9.17) is 13.7 Å². The number of nitrogens with zero attached hydrogens (tertiary/aromatic N) is 6. The van der Waals surface area contributed by atoms with Crippen molar-refractivity contribution in [3.8, 4) is 23.3 Å². The van der Waals surface area contributed by atoms with Gasteiger partial charge < -0.3 is 23.9 Å². The molecule has 4 amide bonds. The van der Waals surface area contributed by atoms with Crippen LogP contribution in [0.2, 0.25) is 0 Å². The molecule has 3 N–H and O–H groups in total. The zero-order valence-corrected chi connectivity index (χ0v) is 40.8. The zero-order chi connectivity index (χ0) is 50.2. The van der Waals surface area contributed by atoms with Crippen molar-refractivity contribution in [3.63, 3.8) is 0 Å². The van der Waals surface area contributed by atoms with E-state index in [1.165, 1.54) is 36.2 Å². The first kappa shape index (κ1) is 50.1. The molecule has 23 heteroatoms. The lowest BCUT2D eigenvalue weighted by atomic mass is 9.78. The number of ether oxygens (including phenoxy) is 2. The summed E-state index contributed by atoms with van der Waals surface area (Å²) in [5.74, 6) is -2.49. The summed E-state index contributed by atoms with van der Waals surface area (Å²) in [5.41, 5.74) is 0.0537. The van der Waals surface area contributed by atoms with Crippen LogP contribution in [0.4, 0.5) is 21.5 Å². The van der Waals surface area contributed by atoms with Gasteiger partial charge in [0.1, 0.15) is 34.7 Å². The van der Waals surface area contributed by atoms with Crippen LogP contribution < -0.4 is 24.3 Å². The van der Waals surface area contributed by atoms with Gasteiger partial charge in [0, 0.05) is 56.3 Å². The Bertz CT molecular complexity index is 2950. The Morgan fingerprint density at radius 1 is 1.07 bits per heavy atom. The lowest BCUT2D eigenvalue weighted by molar-refractivity contribution is -0.292. The van der Waals surface area contributed by atoms with Gasteiger partial charge in [0.25, 0.3) is 6.34 Å². The number of nitriles is 1. The van der Waals surface area contributed by atoms with Gasteiger partial charge >= 0.3 is 26.2 Å². The molecule has 5 aliphatic rings. The highest BCUT2D eigenvalue weighted by Crippen LogP contribution is 2.45. The Hall–Kier alpha value is -6.32. The fourth-order valence-corrected chi connectivity index (χ4v) is 11.0. The van der Waals surface area contributed by atoms with Crippen molar-refractivity contribution in [3.05, 3.63) is 71.0 Å². The summed E-state index contributed by atoms with van der Waals surface area (Å²) in [6.07, 6.45) is 7.79. The van der Waals surface area contributed by atoms with Crippen LogP contribution in [0.1, 0.15) is 86.2 Å². The predicted octanol–water partition coefficient (Wildman–Crippen LogP) is 4.22. The number of imide groups is 1. The number of likely N-dealkylation sites (tertiary alicyclic amines) is 2. The first-order chi connectivity index (χ1) is 33.2. The Labute approximate surface area is 405 Å². The Morgan fingerprint density at radius 2 is 1.81 bits per heavy atom. The van der Waals surface area contributed by atoms with Crippen molar-refractivity contribution in [1.29, 1.82) is 5.26 Å². The van der Waals surface area contributed by atoms with Gasteiger partial charge in [0.15, 0.2) is 17.3 Å². The largest absolute Gasteiger partial charge is 0.453 e. The third-order valence-electron chi connectivity index (χ3n) is 13.4. The van der Waals surface area contributed by atoms with Gasteiger partial charge in [-0.25, -0.2) is 9.18 Å². The third kappa shape index (κ3) is 11.2. The number of hydrogen-bond donors (Lipinski definition) is 3. The van der Waals surface area contributed by atoms with Gasteiger partial charge in [-0.2, -0.15) is 31.0 Å². The van der Waals surface area contributed by atoms with Crippen LogP contribution in [0.15, 0.2) is 53.5 Å². The van der Waals surface area contributed by atoms with Gasteiger partial charge in [0.05, 0.1) is 36.9 Å². The molecule has 1 spiro atoms. The predicted molar refractivity (Wildman–Crippen MR) is 255 cm³/mol. The molecule has 0 saturated carbocycles. The SMILES string of the molecule is CCN(C)S(=O)(=O)Nc1ccc(F)c(Oc2ccc3c(c2)C(=O)[N+](=CC2(C)COC4(CCN(C(=O)CN5CCC(c6ccc(NC7CCC(=O)NC7=O)cc6OS(C)(=O)=O)CC5)CC4)C2)C=N3)c1C#N. The van der Waals surface area contributed by atoms with Crippen LogP contribution in [-0.2, 0) is 39.4 Å². The smallest absolute Gasteiger partial charge is 0.349 e. The van der Waals surface area contributed by atoms with E-state index >= 15 is 4.39 Å². The van der Waals surface area contributed by atoms with Gasteiger partial charge in [0.2, 0.25) is 17.7 Å². The molecule has 0 bridgehead atoms. The van der Waals surface area contributed by atoms with E-state index in [1.54, 1.807) is 31.3 Å². The summed E-state index contributed by atoms with van der Waals surface area (Å²) in [5, 5.41) is 15.3. The maximum atomic E-state index is 15.2. The lowest BCUT2D eigenvalue weighted by Crippen LogP contribution is -2.50. The van der Waals surface area contributed by atoms with Crippen LogP contribution >= 0.6 is 0 Å². The molecule has 20 nitrogen and oxygen atoms in total. The summed E-state index contributed by atoms with van der Waals surface area (Å²) < 4.78 is 87.5. The van der Waals surface area contributed by atoms with Crippen molar-refractivity contribution in [1.82, 2.24) is 19.4 Å². The lowest BCUT2D eigenvalue weighted by Gasteiger charge is -2.40. The van der Waals surface area contributed by atoms with Crippen molar-refractivity contribution in [2.24, 2.45) is 10.4 Å². The molecule has 0 aromatic heterocycles. The molecule has 8 rings (SSSR count). The molecule has 372 valence electrons. The summed E-state index contributed by atoms with van der Waals surface area (Å²) in [4.78, 5) is 59.9. The molecule has 3 aromatic carbocycles. The van der Waals surface area contributed by atoms with E-state index in [9.17, 15) is 41.3 Å². The van der Waals surface area contributed by atoms with Crippen molar-refractivity contribution in [2.45, 2.75) is 76.4 Å². The van der Waals surface area contributed by atoms with Crippen LogP contribution in [0, 0.1) is 22.6 Å². The number of carbonyl (C=O) groups is 4. The first-order valence-electron chi connectivity index (χ1n) is 23.0. The van der Waals surface area contributed by atoms with Gasteiger partial charge in [-0.15, -0.1) is 0 Å². The highest BCUT2D eigenvalue weighted by molar-refractivity contribution is 7.90. The molecule has 4 fully saturated rings. The Kier molecular flexibility index (Phi) is 14.2. The van der Waals surface area contributed by atoms with Crippen molar-refractivity contribution < 1.29 is 58.6 Å². The van der Waals surface area contributed by atoms with E-state index in [1.807, 2.05) is 17.9 Å². The number of rotatable bonds is 14. The number of nitrogens with one attached hydrogen (secondary N) is 3. The highest BCUT2D eigenvalue weighted by Gasteiger charge is 2.49. The molecule has 5 heterocycles. The van der Waals surface area contributed by atoms with E-state index in [0.29, 0.717) is 88.2 Å². The minimum atomic E-state index is -4.05. The number of aliphatic imine (C=N–C) groups is 1. The van der Waals surface area contributed by atoms with Gasteiger partial charge in [-0.05, 0) is 98.4 Å². The van der Waals surface area contributed by atoms with Crippen LogP contribution in [0.5, 0.6) is 17.2 Å². The standard InChI is InChI=1S/C47H54FN9O11S2/c1-5-54(3)70(64,65)53-38-11-9-36(48)43(35(38)24-49)67-32-7-10-37-34(23-32)45(61)57(29-50-37)27-46(2)26-47(66-28-46)16-20-56(21-17-47)42(59)25-55-18-14-30(15-19-55)33-8-6-31(22-40(33)68-69(4,62)63)51-39-12-13-41(58)52-44(39)60/h6-11,22-23,27,29-30,39,51,53H,5,12-21,25-26,28H2,1-4H3/p+1. The first-order valence-corrected chi connectivity index (χ1v) is 26.2. The third-order valence-corrected chi connectivity index (χ3v) is 15.5. The van der Waals surface area contributed by atoms with E-state index in [-0.39, 0.29) is 65.6 Å². The molecule has 2 unspecified atom stereocenters. The van der Waals surface area contributed by atoms with Crippen molar-refractivity contribution >= 4 is 73.6 Å².